The fourth-order valence-corrected chi connectivity index (χ4v) is 3.41. The van der Waals surface area contributed by atoms with Crippen LogP contribution in [0.2, 0.25) is 0 Å². The Morgan fingerprint density at radius 3 is 2.44 bits per heavy atom. The van der Waals surface area contributed by atoms with Gasteiger partial charge in [-0.3, -0.25) is 9.59 Å². The van der Waals surface area contributed by atoms with Crippen LogP contribution >= 0.6 is 0 Å². The van der Waals surface area contributed by atoms with Crippen molar-refractivity contribution in [3.05, 3.63) is 71.0 Å². The molecule has 0 bridgehead atoms. The lowest BCUT2D eigenvalue weighted by Crippen LogP contribution is -2.39. The average molecular weight is 431 g/mol. The molecule has 0 saturated carbocycles. The smallest absolute Gasteiger partial charge is 0.313 e. The molecular weight excluding hydrogens is 406 g/mol. The zero-order chi connectivity index (χ0) is 23.3. The first-order chi connectivity index (χ1) is 15.3. The summed E-state index contributed by atoms with van der Waals surface area (Å²) in [4.78, 5) is 28.6. The predicted molar refractivity (Wildman–Crippen MR) is 120 cm³/mol. The van der Waals surface area contributed by atoms with Crippen LogP contribution in [0.25, 0.3) is 10.8 Å². The highest BCUT2D eigenvalue weighted by atomic mass is 16.5. The maximum Gasteiger partial charge on any atom is 0.313 e. The Kier molecular flexibility index (Phi) is 6.74. The minimum Gasteiger partial charge on any atom is -0.505 e. The van der Waals surface area contributed by atoms with Crippen LogP contribution in [-0.4, -0.2) is 35.6 Å². The number of nitrogens with one attached hydrogen (secondary N) is 1. The Morgan fingerprint density at radius 2 is 1.78 bits per heavy atom. The van der Waals surface area contributed by atoms with Crippen LogP contribution in [0.3, 0.4) is 0 Å². The number of ether oxygens (including phenoxy) is 1. The van der Waals surface area contributed by atoms with E-state index in [0.29, 0.717) is 10.8 Å². The summed E-state index contributed by atoms with van der Waals surface area (Å²) in [6.45, 7) is 3.24. The molecule has 0 saturated heterocycles. The van der Waals surface area contributed by atoms with Crippen molar-refractivity contribution in [3.63, 3.8) is 0 Å². The number of esters is 1. The summed E-state index contributed by atoms with van der Waals surface area (Å²) >= 11 is 0. The first-order valence-corrected chi connectivity index (χ1v) is 10.2. The first kappa shape index (κ1) is 22.8. The molecule has 164 valence electrons. The summed E-state index contributed by atoms with van der Waals surface area (Å²) in [5.41, 5.74) is 1.04. The van der Waals surface area contributed by atoms with Crippen LogP contribution < -0.4 is 5.32 Å². The lowest BCUT2D eigenvalue weighted by Gasteiger charge is -2.21. The number of amides is 1. The molecule has 0 atom stereocenters. The highest BCUT2D eigenvalue weighted by molar-refractivity contribution is 6.03. The van der Waals surface area contributed by atoms with Crippen LogP contribution in [0, 0.1) is 16.7 Å². The maximum absolute atomic E-state index is 12.7. The van der Waals surface area contributed by atoms with Crippen molar-refractivity contribution in [2.75, 3.05) is 13.7 Å². The molecule has 0 spiro atoms. The van der Waals surface area contributed by atoms with Gasteiger partial charge >= 0.3 is 5.97 Å². The van der Waals surface area contributed by atoms with Gasteiger partial charge in [-0.1, -0.05) is 42.5 Å². The normalized spacial score (nSPS) is 11.1. The van der Waals surface area contributed by atoms with Gasteiger partial charge in [0.2, 0.25) is 0 Å². The zero-order valence-corrected chi connectivity index (χ0v) is 18.3. The average Bonchev–Trinajstić information content (AvgIpc) is 2.81. The van der Waals surface area contributed by atoms with Gasteiger partial charge in [0.25, 0.3) is 5.91 Å². The van der Waals surface area contributed by atoms with E-state index in [0.717, 1.165) is 18.4 Å². The van der Waals surface area contributed by atoms with Gasteiger partial charge < -0.3 is 15.2 Å². The molecule has 1 aromatic heterocycles. The number of nitrogens with zero attached hydrogens (tertiary/aromatic N) is 2. The number of carbonyl (C=O) groups is 2. The van der Waals surface area contributed by atoms with E-state index in [-0.39, 0.29) is 23.7 Å². The van der Waals surface area contributed by atoms with E-state index in [9.17, 15) is 20.0 Å². The molecule has 3 rings (SSSR count). The number of aryl methyl sites for hydroxylation is 2. The van der Waals surface area contributed by atoms with Crippen LogP contribution in [0.15, 0.2) is 48.5 Å². The fraction of sp³-hybridized carbons (Fsp3) is 0.280. The van der Waals surface area contributed by atoms with E-state index < -0.39 is 17.3 Å². The number of carbonyl (C=O) groups excluding carboxylic acids is 2. The molecule has 1 amide bonds. The molecule has 0 aliphatic rings. The SMILES string of the molecule is COC(=O)C(C)(C)CNC(=O)c1nc(C#N)c2cc(CCc3ccccc3)ccc2c1O. The van der Waals surface area contributed by atoms with E-state index in [1.807, 2.05) is 36.4 Å². The van der Waals surface area contributed by atoms with Crippen LogP contribution in [0.4, 0.5) is 0 Å². The molecule has 2 N–H and O–H groups in total. The van der Waals surface area contributed by atoms with Crippen molar-refractivity contribution < 1.29 is 19.4 Å². The Bertz CT molecular complexity index is 1200. The molecule has 1 heterocycles. The van der Waals surface area contributed by atoms with Gasteiger partial charge in [0, 0.05) is 17.3 Å². The van der Waals surface area contributed by atoms with Crippen molar-refractivity contribution in [1.29, 1.82) is 5.26 Å². The quantitative estimate of drug-likeness (QED) is 0.554. The lowest BCUT2D eigenvalue weighted by molar-refractivity contribution is -0.150. The number of nitriles is 1. The van der Waals surface area contributed by atoms with Crippen molar-refractivity contribution in [1.82, 2.24) is 10.3 Å². The number of fused-ring (bicyclic) bond motifs is 1. The van der Waals surface area contributed by atoms with Gasteiger partial charge in [-0.2, -0.15) is 5.26 Å². The number of methoxy groups -OCH3 is 1. The Morgan fingerprint density at radius 1 is 1.09 bits per heavy atom. The van der Waals surface area contributed by atoms with Gasteiger partial charge in [0.1, 0.15) is 11.8 Å². The van der Waals surface area contributed by atoms with Crippen LogP contribution in [-0.2, 0) is 22.4 Å². The third-order valence-electron chi connectivity index (χ3n) is 5.34. The predicted octanol–water partition coefficient (Wildman–Crippen LogP) is 3.53. The molecule has 7 heteroatoms. The third kappa shape index (κ3) is 4.86. The number of hydrogen-bond donors (Lipinski definition) is 2. The van der Waals surface area contributed by atoms with Gasteiger partial charge in [0.05, 0.1) is 12.5 Å². The third-order valence-corrected chi connectivity index (χ3v) is 5.34. The molecule has 0 aliphatic carbocycles. The van der Waals surface area contributed by atoms with E-state index in [1.54, 1.807) is 19.9 Å². The summed E-state index contributed by atoms with van der Waals surface area (Å²) in [6, 6.07) is 17.5. The second-order valence-electron chi connectivity index (χ2n) is 8.19. The lowest BCUT2D eigenvalue weighted by atomic mass is 9.93. The molecule has 3 aromatic rings. The van der Waals surface area contributed by atoms with Gasteiger partial charge in [-0.15, -0.1) is 0 Å². The number of hydrogen-bond acceptors (Lipinski definition) is 6. The standard InChI is InChI=1S/C25H25N3O4/c1-25(2,24(31)32-3)15-27-23(30)21-22(29)18-12-11-17(13-19(18)20(14-26)28-21)10-9-16-7-5-4-6-8-16/h4-8,11-13,29H,9-10,15H2,1-3H3,(H,27,30). The molecule has 7 nitrogen and oxygen atoms in total. The summed E-state index contributed by atoms with van der Waals surface area (Å²) in [7, 11) is 1.27. The van der Waals surface area contributed by atoms with Gasteiger partial charge in [-0.25, -0.2) is 4.98 Å². The molecule has 0 fully saturated rings. The Hall–Kier alpha value is -3.92. The van der Waals surface area contributed by atoms with Crippen molar-refractivity contribution in [2.24, 2.45) is 5.41 Å². The second kappa shape index (κ2) is 9.48. The fourth-order valence-electron chi connectivity index (χ4n) is 3.41. The molecule has 0 unspecified atom stereocenters. The number of aromatic hydroxyl groups is 1. The number of aromatic nitrogens is 1. The summed E-state index contributed by atoms with van der Waals surface area (Å²) in [5.74, 6) is -1.46. The molecule has 32 heavy (non-hydrogen) atoms. The first-order valence-electron chi connectivity index (χ1n) is 10.2. The Labute approximate surface area is 186 Å². The van der Waals surface area contributed by atoms with Gasteiger partial charge in [0.15, 0.2) is 11.4 Å². The molecular formula is C25H25N3O4. The number of benzene rings is 2. The van der Waals surface area contributed by atoms with E-state index in [2.05, 4.69) is 22.4 Å². The highest BCUT2D eigenvalue weighted by Crippen LogP contribution is 2.31. The van der Waals surface area contributed by atoms with E-state index >= 15 is 0 Å². The molecule has 0 radical (unpaired) electrons. The monoisotopic (exact) mass is 431 g/mol. The summed E-state index contributed by atoms with van der Waals surface area (Å²) < 4.78 is 4.73. The number of rotatable bonds is 7. The Balaban J connectivity index is 1.87. The van der Waals surface area contributed by atoms with Crippen molar-refractivity contribution >= 4 is 22.6 Å². The summed E-state index contributed by atoms with van der Waals surface area (Å²) in [5, 5.41) is 23.8. The van der Waals surface area contributed by atoms with Crippen molar-refractivity contribution in [2.45, 2.75) is 26.7 Å². The number of pyridine rings is 1. The van der Waals surface area contributed by atoms with Crippen LogP contribution in [0.1, 0.15) is 41.2 Å². The minimum atomic E-state index is -0.956. The van der Waals surface area contributed by atoms with E-state index in [1.165, 1.54) is 12.7 Å². The largest absolute Gasteiger partial charge is 0.505 e. The van der Waals surface area contributed by atoms with Crippen molar-refractivity contribution in [3.8, 4) is 11.8 Å². The summed E-state index contributed by atoms with van der Waals surface area (Å²) in [6.07, 6.45) is 1.60. The molecule has 0 aliphatic heterocycles. The van der Waals surface area contributed by atoms with Crippen LogP contribution in [0.5, 0.6) is 5.75 Å². The zero-order valence-electron chi connectivity index (χ0n) is 18.3. The van der Waals surface area contributed by atoms with Gasteiger partial charge in [-0.05, 0) is 43.9 Å². The highest BCUT2D eigenvalue weighted by Gasteiger charge is 2.30. The maximum atomic E-state index is 12.7. The molecule has 2 aromatic carbocycles. The second-order valence-corrected chi connectivity index (χ2v) is 8.19. The van der Waals surface area contributed by atoms with E-state index in [4.69, 9.17) is 4.74 Å². The minimum absolute atomic E-state index is 0.0159. The topological polar surface area (TPSA) is 112 Å².